The Hall–Kier alpha value is -2.17. The second kappa shape index (κ2) is 9.55. The molecule has 2 fully saturated rings. The second-order valence-electron chi connectivity index (χ2n) is 7.43. The summed E-state index contributed by atoms with van der Waals surface area (Å²) in [6, 6.07) is 5.38. The summed E-state index contributed by atoms with van der Waals surface area (Å²) in [6.07, 6.45) is 8.76. The number of hydrogen-bond donors (Lipinski definition) is 2. The van der Waals surface area contributed by atoms with E-state index in [0.29, 0.717) is 11.5 Å². The van der Waals surface area contributed by atoms with Crippen molar-refractivity contribution in [2.45, 2.75) is 38.5 Å². The standard InChI is InChI=1S/C20H26IN7O/c21-16-7-8-17(29)15(13-16)14-22-26-18-23-19(27-9-3-1-4-10-27)25-20(24-18)28-11-5-2-6-12-28/h7-8,13-14,29H,1-6,9-12H2,(H,23,24,25,26)/b22-14-. The third-order valence-electron chi connectivity index (χ3n) is 5.25. The third kappa shape index (κ3) is 5.26. The van der Waals surface area contributed by atoms with Crippen LogP contribution in [0.15, 0.2) is 23.3 Å². The van der Waals surface area contributed by atoms with Gasteiger partial charge in [-0.25, -0.2) is 5.43 Å². The molecule has 3 heterocycles. The number of anilines is 3. The number of piperidine rings is 2. The van der Waals surface area contributed by atoms with Crippen LogP contribution in [-0.4, -0.2) is 52.5 Å². The van der Waals surface area contributed by atoms with E-state index in [1.54, 1.807) is 12.3 Å². The van der Waals surface area contributed by atoms with Gasteiger partial charge in [-0.15, -0.1) is 0 Å². The molecule has 0 aliphatic carbocycles. The molecular formula is C20H26IN7O. The average molecular weight is 507 g/mol. The number of aromatic nitrogens is 3. The van der Waals surface area contributed by atoms with Crippen molar-refractivity contribution in [3.05, 3.63) is 27.3 Å². The van der Waals surface area contributed by atoms with Gasteiger partial charge in [-0.05, 0) is 79.3 Å². The molecule has 0 atom stereocenters. The predicted molar refractivity (Wildman–Crippen MR) is 124 cm³/mol. The highest BCUT2D eigenvalue weighted by atomic mass is 127. The van der Waals surface area contributed by atoms with Gasteiger partial charge in [0.2, 0.25) is 17.8 Å². The SMILES string of the molecule is Oc1ccc(I)cc1/C=N\Nc1nc(N2CCCCC2)nc(N2CCCCC2)n1. The van der Waals surface area contributed by atoms with Crippen LogP contribution in [0.2, 0.25) is 0 Å². The van der Waals surface area contributed by atoms with Crippen LogP contribution in [0.5, 0.6) is 5.75 Å². The Morgan fingerprint density at radius 3 is 2.07 bits per heavy atom. The zero-order valence-electron chi connectivity index (χ0n) is 16.4. The van der Waals surface area contributed by atoms with E-state index in [9.17, 15) is 5.11 Å². The van der Waals surface area contributed by atoms with E-state index < -0.39 is 0 Å². The molecule has 2 aliphatic heterocycles. The smallest absolute Gasteiger partial charge is 0.250 e. The van der Waals surface area contributed by atoms with Crippen LogP contribution in [0.4, 0.5) is 17.8 Å². The fourth-order valence-corrected chi connectivity index (χ4v) is 4.18. The highest BCUT2D eigenvalue weighted by Gasteiger charge is 2.20. The van der Waals surface area contributed by atoms with Gasteiger partial charge >= 0.3 is 0 Å². The summed E-state index contributed by atoms with van der Waals surface area (Å²) in [5.41, 5.74) is 3.58. The van der Waals surface area contributed by atoms with Gasteiger partial charge < -0.3 is 14.9 Å². The van der Waals surface area contributed by atoms with Gasteiger partial charge in [-0.3, -0.25) is 0 Å². The second-order valence-corrected chi connectivity index (χ2v) is 8.67. The van der Waals surface area contributed by atoms with E-state index in [1.165, 1.54) is 12.8 Å². The molecule has 8 nitrogen and oxygen atoms in total. The molecule has 1 aromatic carbocycles. The molecule has 1 aromatic heterocycles. The summed E-state index contributed by atoms with van der Waals surface area (Å²) < 4.78 is 1.03. The first-order valence-electron chi connectivity index (χ1n) is 10.2. The molecule has 2 aromatic rings. The summed E-state index contributed by atoms with van der Waals surface area (Å²) >= 11 is 2.21. The molecule has 2 N–H and O–H groups in total. The normalized spacial score (nSPS) is 17.7. The Balaban J connectivity index is 1.57. The number of benzene rings is 1. The van der Waals surface area contributed by atoms with E-state index in [-0.39, 0.29) is 5.75 Å². The molecular weight excluding hydrogens is 481 g/mol. The largest absolute Gasteiger partial charge is 0.507 e. The van der Waals surface area contributed by atoms with Crippen LogP contribution in [0.1, 0.15) is 44.1 Å². The summed E-state index contributed by atoms with van der Waals surface area (Å²) in [4.78, 5) is 18.5. The fraction of sp³-hybridized carbons (Fsp3) is 0.500. The number of nitrogens with one attached hydrogen (secondary N) is 1. The van der Waals surface area contributed by atoms with E-state index in [4.69, 9.17) is 4.98 Å². The Kier molecular flexibility index (Phi) is 6.63. The topological polar surface area (TPSA) is 89.8 Å². The van der Waals surface area contributed by atoms with Crippen molar-refractivity contribution in [1.29, 1.82) is 0 Å². The van der Waals surface area contributed by atoms with Crippen molar-refractivity contribution < 1.29 is 5.11 Å². The van der Waals surface area contributed by atoms with Gasteiger partial charge in [-0.1, -0.05) is 0 Å². The zero-order chi connectivity index (χ0) is 20.1. The lowest BCUT2D eigenvalue weighted by molar-refractivity contribution is 0.474. The lowest BCUT2D eigenvalue weighted by Gasteiger charge is -2.30. The fourth-order valence-electron chi connectivity index (χ4n) is 3.66. The van der Waals surface area contributed by atoms with Crippen LogP contribution in [-0.2, 0) is 0 Å². The molecule has 0 amide bonds. The van der Waals surface area contributed by atoms with Crippen LogP contribution in [0.25, 0.3) is 0 Å². The first kappa shape index (κ1) is 20.1. The van der Waals surface area contributed by atoms with Crippen molar-refractivity contribution in [1.82, 2.24) is 15.0 Å². The van der Waals surface area contributed by atoms with E-state index in [0.717, 1.165) is 67.3 Å². The van der Waals surface area contributed by atoms with E-state index in [2.05, 4.69) is 52.9 Å². The molecule has 4 rings (SSSR count). The molecule has 29 heavy (non-hydrogen) atoms. The summed E-state index contributed by atoms with van der Waals surface area (Å²) in [6.45, 7) is 3.90. The van der Waals surface area contributed by atoms with Gasteiger partial charge in [0.25, 0.3) is 0 Å². The minimum absolute atomic E-state index is 0.189. The maximum Gasteiger partial charge on any atom is 0.250 e. The Morgan fingerprint density at radius 2 is 1.48 bits per heavy atom. The van der Waals surface area contributed by atoms with Crippen molar-refractivity contribution >= 4 is 46.7 Å². The zero-order valence-corrected chi connectivity index (χ0v) is 18.5. The number of hydrazone groups is 1. The van der Waals surface area contributed by atoms with E-state index in [1.807, 2.05) is 12.1 Å². The number of halogens is 1. The highest BCUT2D eigenvalue weighted by Crippen LogP contribution is 2.23. The first-order chi connectivity index (χ1) is 14.2. The number of phenols is 1. The average Bonchev–Trinajstić information content (AvgIpc) is 2.77. The highest BCUT2D eigenvalue weighted by molar-refractivity contribution is 14.1. The quantitative estimate of drug-likeness (QED) is 0.363. The lowest BCUT2D eigenvalue weighted by atomic mass is 10.1. The third-order valence-corrected chi connectivity index (χ3v) is 5.92. The van der Waals surface area contributed by atoms with Crippen LogP contribution < -0.4 is 15.2 Å². The predicted octanol–water partition coefficient (Wildman–Crippen LogP) is 3.61. The summed E-state index contributed by atoms with van der Waals surface area (Å²) in [5, 5.41) is 14.2. The molecule has 154 valence electrons. The molecule has 0 unspecified atom stereocenters. The first-order valence-corrected chi connectivity index (χ1v) is 11.3. The van der Waals surface area contributed by atoms with Crippen molar-refractivity contribution in [2.75, 3.05) is 41.4 Å². The van der Waals surface area contributed by atoms with Crippen LogP contribution >= 0.6 is 22.6 Å². The van der Waals surface area contributed by atoms with Gasteiger partial charge in [-0.2, -0.15) is 20.1 Å². The monoisotopic (exact) mass is 507 g/mol. The van der Waals surface area contributed by atoms with Gasteiger partial charge in [0.05, 0.1) is 6.21 Å². The van der Waals surface area contributed by atoms with Gasteiger partial charge in [0.15, 0.2) is 0 Å². The minimum Gasteiger partial charge on any atom is -0.507 e. The number of nitrogens with zero attached hydrogens (tertiary/aromatic N) is 6. The number of hydrogen-bond acceptors (Lipinski definition) is 8. The number of aromatic hydroxyl groups is 1. The molecule has 0 bridgehead atoms. The van der Waals surface area contributed by atoms with Crippen molar-refractivity contribution in [3.63, 3.8) is 0 Å². The molecule has 0 saturated carbocycles. The maximum atomic E-state index is 9.98. The number of rotatable bonds is 5. The Labute approximate surface area is 184 Å². The van der Waals surface area contributed by atoms with E-state index >= 15 is 0 Å². The van der Waals surface area contributed by atoms with Crippen LogP contribution in [0.3, 0.4) is 0 Å². The minimum atomic E-state index is 0.189. The molecule has 0 spiro atoms. The maximum absolute atomic E-state index is 9.98. The van der Waals surface area contributed by atoms with Crippen LogP contribution in [0, 0.1) is 3.57 Å². The molecule has 9 heteroatoms. The molecule has 0 radical (unpaired) electrons. The summed E-state index contributed by atoms with van der Waals surface area (Å²) in [5.74, 6) is 2.06. The number of phenolic OH excluding ortho intramolecular Hbond substituents is 1. The van der Waals surface area contributed by atoms with Gasteiger partial charge in [0, 0.05) is 35.3 Å². The van der Waals surface area contributed by atoms with Gasteiger partial charge in [0.1, 0.15) is 5.75 Å². The van der Waals surface area contributed by atoms with Crippen molar-refractivity contribution in [3.8, 4) is 5.75 Å². The Bertz CT molecular complexity index is 828. The summed E-state index contributed by atoms with van der Waals surface area (Å²) in [7, 11) is 0. The lowest BCUT2D eigenvalue weighted by Crippen LogP contribution is -2.34. The molecule has 2 saturated heterocycles. The van der Waals surface area contributed by atoms with Crippen molar-refractivity contribution in [2.24, 2.45) is 5.10 Å². The molecule has 2 aliphatic rings. The Morgan fingerprint density at radius 1 is 0.897 bits per heavy atom.